The number of hydrogen-bond acceptors (Lipinski definition) is 1. The van der Waals surface area contributed by atoms with Crippen LogP contribution in [0.4, 0.5) is 0 Å². The number of rotatable bonds is 1. The van der Waals surface area contributed by atoms with Crippen molar-refractivity contribution in [3.8, 4) is 0 Å². The molecule has 0 saturated heterocycles. The third kappa shape index (κ3) is 2.05. The van der Waals surface area contributed by atoms with Crippen molar-refractivity contribution in [2.75, 3.05) is 7.11 Å². The minimum Gasteiger partial charge on any atom is -1.00 e. The Morgan fingerprint density at radius 1 is 1.56 bits per heavy atom. The molecule has 0 saturated carbocycles. The van der Waals surface area contributed by atoms with Gasteiger partial charge in [-0.15, -0.1) is 0 Å². The molecule has 0 fully saturated rings. The largest absolute Gasteiger partial charge is 1.00 e. The van der Waals surface area contributed by atoms with E-state index in [1.807, 2.05) is 30.3 Å². The molecule has 1 aromatic rings. The van der Waals surface area contributed by atoms with Crippen molar-refractivity contribution >= 4 is 0 Å². The maximum atomic E-state index is 4.83. The van der Waals surface area contributed by atoms with Gasteiger partial charge in [-0.2, -0.15) is 0 Å². The van der Waals surface area contributed by atoms with Gasteiger partial charge in [-0.05, 0) is 0 Å². The Morgan fingerprint density at radius 2 is 2.22 bits per heavy atom. The Kier molecular flexibility index (Phi) is 3.30. The van der Waals surface area contributed by atoms with Crippen molar-refractivity contribution in [3.63, 3.8) is 0 Å². The minimum atomic E-state index is 0. The van der Waals surface area contributed by atoms with E-state index >= 15 is 0 Å². The number of aromatic nitrogens is 2. The monoisotopic (exact) mass is 192 g/mol. The molecule has 1 heterocycles. The molecule has 0 bridgehead atoms. The maximum Gasteiger partial charge on any atom is 0.284 e. The van der Waals surface area contributed by atoms with Gasteiger partial charge in [0.05, 0.1) is 7.05 Å². The fourth-order valence-corrected chi connectivity index (χ4v) is 0.535. The van der Waals surface area contributed by atoms with Gasteiger partial charge >= 0.3 is 0 Å². The maximum absolute atomic E-state index is 4.83. The number of imidazole rings is 1. The van der Waals surface area contributed by atoms with Gasteiger partial charge in [-0.3, -0.25) is 0 Å². The molecular formula is C5H9BrN2O. The number of hydrogen-bond donors (Lipinski definition) is 0. The van der Waals surface area contributed by atoms with Gasteiger partial charge in [0.2, 0.25) is 0 Å². The first kappa shape index (κ1) is 8.49. The van der Waals surface area contributed by atoms with Crippen LogP contribution in [0.5, 0.6) is 0 Å². The van der Waals surface area contributed by atoms with Crippen LogP contribution < -0.4 is 26.4 Å². The summed E-state index contributed by atoms with van der Waals surface area (Å²) < 4.78 is 3.53. The minimum absolute atomic E-state index is 0. The van der Waals surface area contributed by atoms with Crippen molar-refractivity contribution in [2.45, 2.75) is 0 Å². The first-order chi connectivity index (χ1) is 3.83. The summed E-state index contributed by atoms with van der Waals surface area (Å²) in [4.78, 5) is 4.83. The molecule has 52 valence electrons. The van der Waals surface area contributed by atoms with E-state index in [4.69, 9.17) is 4.84 Å². The van der Waals surface area contributed by atoms with E-state index in [9.17, 15) is 0 Å². The molecule has 0 atom stereocenters. The van der Waals surface area contributed by atoms with Gasteiger partial charge in [0.1, 0.15) is 13.3 Å². The van der Waals surface area contributed by atoms with Crippen LogP contribution in [-0.2, 0) is 7.05 Å². The summed E-state index contributed by atoms with van der Waals surface area (Å²) in [7, 11) is 3.56. The van der Waals surface area contributed by atoms with Crippen LogP contribution in [-0.4, -0.2) is 11.8 Å². The van der Waals surface area contributed by atoms with E-state index in [1.165, 1.54) is 0 Å². The van der Waals surface area contributed by atoms with Gasteiger partial charge in [0.25, 0.3) is 6.33 Å². The molecule has 0 spiro atoms. The molecule has 0 N–H and O–H groups in total. The Hall–Kier alpha value is -0.510. The second-order valence-electron chi connectivity index (χ2n) is 1.62. The Bertz CT molecular complexity index is 175. The normalized spacial score (nSPS) is 8.22. The molecule has 0 radical (unpaired) electrons. The zero-order valence-electron chi connectivity index (χ0n) is 5.41. The number of nitrogens with zero attached hydrogens (tertiary/aromatic N) is 2. The fraction of sp³-hybridized carbons (Fsp3) is 0.400. The lowest BCUT2D eigenvalue weighted by Crippen LogP contribution is -3.00. The van der Waals surface area contributed by atoms with Crippen LogP contribution in [0.15, 0.2) is 18.7 Å². The standard InChI is InChI=1S/C5H9N2O.BrH/c1-6-3-4-7(5-6)8-2;/h3-5H,1-2H3;1H/q+1;/p-1. The highest BCUT2D eigenvalue weighted by Gasteiger charge is 1.94. The molecule has 0 unspecified atom stereocenters. The van der Waals surface area contributed by atoms with E-state index in [0.717, 1.165) is 0 Å². The van der Waals surface area contributed by atoms with Gasteiger partial charge in [0, 0.05) is 0 Å². The average Bonchev–Trinajstić information content (AvgIpc) is 2.14. The first-order valence-electron chi connectivity index (χ1n) is 2.40. The lowest BCUT2D eigenvalue weighted by molar-refractivity contribution is -0.672. The molecule has 9 heavy (non-hydrogen) atoms. The van der Waals surface area contributed by atoms with E-state index in [2.05, 4.69) is 0 Å². The fourth-order valence-electron chi connectivity index (χ4n) is 0.535. The molecule has 0 aliphatic rings. The summed E-state index contributed by atoms with van der Waals surface area (Å²) in [5, 5.41) is 0. The molecule has 0 aromatic carbocycles. The highest BCUT2D eigenvalue weighted by atomic mass is 79.9. The third-order valence-electron chi connectivity index (χ3n) is 0.955. The highest BCUT2D eigenvalue weighted by Crippen LogP contribution is 1.73. The van der Waals surface area contributed by atoms with Gasteiger partial charge in [0.15, 0.2) is 6.20 Å². The van der Waals surface area contributed by atoms with Crippen molar-refractivity contribution in [1.82, 2.24) is 4.73 Å². The zero-order valence-corrected chi connectivity index (χ0v) is 7.00. The zero-order chi connectivity index (χ0) is 5.98. The Balaban J connectivity index is 0.000000640. The Labute approximate surface area is 64.6 Å². The SMILES string of the molecule is COn1cc[n+](C)c1.[Br-]. The van der Waals surface area contributed by atoms with E-state index in [-0.39, 0.29) is 17.0 Å². The van der Waals surface area contributed by atoms with Crippen molar-refractivity contribution in [2.24, 2.45) is 7.05 Å². The molecular weight excluding hydrogens is 184 g/mol. The predicted octanol–water partition coefficient (Wildman–Crippen LogP) is -3.62. The van der Waals surface area contributed by atoms with E-state index < -0.39 is 0 Å². The molecule has 4 heteroatoms. The summed E-state index contributed by atoms with van der Waals surface area (Å²) in [5.74, 6) is 0. The van der Waals surface area contributed by atoms with Crippen molar-refractivity contribution in [1.29, 1.82) is 0 Å². The Morgan fingerprint density at radius 3 is 2.44 bits per heavy atom. The first-order valence-corrected chi connectivity index (χ1v) is 2.40. The van der Waals surface area contributed by atoms with Gasteiger partial charge in [-0.25, -0.2) is 4.57 Å². The molecule has 1 aromatic heterocycles. The van der Waals surface area contributed by atoms with Gasteiger partial charge < -0.3 is 21.8 Å². The van der Waals surface area contributed by atoms with Gasteiger partial charge in [-0.1, -0.05) is 4.73 Å². The van der Waals surface area contributed by atoms with Crippen molar-refractivity contribution < 1.29 is 26.4 Å². The molecule has 3 nitrogen and oxygen atoms in total. The van der Waals surface area contributed by atoms with E-state index in [1.54, 1.807) is 11.8 Å². The number of aryl methyl sites for hydroxylation is 1. The van der Waals surface area contributed by atoms with Crippen LogP contribution in [0.1, 0.15) is 0 Å². The second kappa shape index (κ2) is 3.50. The molecule has 0 aliphatic carbocycles. The van der Waals surface area contributed by atoms with Crippen LogP contribution in [0.3, 0.4) is 0 Å². The van der Waals surface area contributed by atoms with Crippen LogP contribution in [0.25, 0.3) is 0 Å². The van der Waals surface area contributed by atoms with Crippen LogP contribution >= 0.6 is 0 Å². The highest BCUT2D eigenvalue weighted by molar-refractivity contribution is 4.59. The van der Waals surface area contributed by atoms with E-state index in [0.29, 0.717) is 0 Å². The average molecular weight is 193 g/mol. The smallest absolute Gasteiger partial charge is 0.284 e. The van der Waals surface area contributed by atoms with Crippen molar-refractivity contribution in [3.05, 3.63) is 18.7 Å². The third-order valence-corrected chi connectivity index (χ3v) is 0.955. The van der Waals surface area contributed by atoms with Crippen LogP contribution in [0, 0.1) is 0 Å². The second-order valence-corrected chi connectivity index (χ2v) is 1.62. The predicted molar refractivity (Wildman–Crippen MR) is 28.1 cm³/mol. The molecule has 0 amide bonds. The molecule has 0 aliphatic heterocycles. The summed E-state index contributed by atoms with van der Waals surface area (Å²) in [6, 6.07) is 0. The molecule has 1 rings (SSSR count). The quantitative estimate of drug-likeness (QED) is 0.421. The summed E-state index contributed by atoms with van der Waals surface area (Å²) >= 11 is 0. The summed E-state index contributed by atoms with van der Waals surface area (Å²) in [6.45, 7) is 0. The lowest BCUT2D eigenvalue weighted by atomic mass is 10.9. The number of halogens is 1. The lowest BCUT2D eigenvalue weighted by Gasteiger charge is -1.84. The summed E-state index contributed by atoms with van der Waals surface area (Å²) in [6.07, 6.45) is 5.57. The topological polar surface area (TPSA) is 18.0 Å². The van der Waals surface area contributed by atoms with Crippen LogP contribution in [0.2, 0.25) is 0 Å². The summed E-state index contributed by atoms with van der Waals surface area (Å²) in [5.41, 5.74) is 0.